The highest BCUT2D eigenvalue weighted by atomic mass is 35.5. The molecule has 0 unspecified atom stereocenters. The van der Waals surface area contributed by atoms with Gasteiger partial charge in [0.2, 0.25) is 0 Å². The van der Waals surface area contributed by atoms with Crippen LogP contribution in [-0.2, 0) is 11.2 Å². The normalized spacial score (nSPS) is 11.3. The second-order valence-electron chi connectivity index (χ2n) is 6.89. The second-order valence-corrected chi connectivity index (χ2v) is 9.28. The van der Waals surface area contributed by atoms with Crippen molar-refractivity contribution in [3.63, 3.8) is 0 Å². The summed E-state index contributed by atoms with van der Waals surface area (Å²) >= 11 is 19.5. The summed E-state index contributed by atoms with van der Waals surface area (Å²) in [7, 11) is 0. The lowest BCUT2D eigenvalue weighted by molar-refractivity contribution is -0.112. The van der Waals surface area contributed by atoms with Crippen LogP contribution < -0.4 is 5.32 Å². The number of nitrogens with zero attached hydrogens (tertiary/aromatic N) is 2. The van der Waals surface area contributed by atoms with Crippen LogP contribution in [0.5, 0.6) is 0 Å². The number of hydrogen-bond acceptors (Lipinski definition) is 5. The molecule has 1 amide bonds. The van der Waals surface area contributed by atoms with E-state index in [4.69, 9.17) is 39.2 Å². The molecular formula is C24H14Cl3N3O2S. The van der Waals surface area contributed by atoms with Gasteiger partial charge < -0.3 is 4.42 Å². The molecule has 0 aliphatic carbocycles. The minimum Gasteiger partial charge on any atom is -0.457 e. The average molecular weight is 515 g/mol. The Hall–Kier alpha value is -3.08. The van der Waals surface area contributed by atoms with Crippen LogP contribution in [0.15, 0.2) is 70.8 Å². The SMILES string of the molecule is N#C/C(=C\c1ccc(-c2cc(Cl)ccc2Cl)o1)C(=O)Nc1ncc(Cc2ccc(Cl)cc2)s1. The zero-order valence-corrected chi connectivity index (χ0v) is 19.9. The van der Waals surface area contributed by atoms with Gasteiger partial charge in [0.15, 0.2) is 5.13 Å². The number of carbonyl (C=O) groups excluding carboxylic acids is 1. The number of nitriles is 1. The van der Waals surface area contributed by atoms with E-state index in [1.54, 1.807) is 36.5 Å². The Bertz CT molecular complexity index is 1380. The fraction of sp³-hybridized carbons (Fsp3) is 0.0417. The molecule has 0 aliphatic rings. The molecule has 0 atom stereocenters. The van der Waals surface area contributed by atoms with Gasteiger partial charge in [-0.2, -0.15) is 5.26 Å². The number of furan rings is 1. The van der Waals surface area contributed by atoms with Crippen LogP contribution in [0.4, 0.5) is 5.13 Å². The summed E-state index contributed by atoms with van der Waals surface area (Å²) in [5, 5.41) is 14.2. The topological polar surface area (TPSA) is 78.9 Å². The highest BCUT2D eigenvalue weighted by molar-refractivity contribution is 7.15. The predicted octanol–water partition coefficient (Wildman–Crippen LogP) is 7.50. The van der Waals surface area contributed by atoms with Crippen molar-refractivity contribution in [1.82, 2.24) is 4.98 Å². The van der Waals surface area contributed by atoms with Gasteiger partial charge in [-0.1, -0.05) is 46.9 Å². The van der Waals surface area contributed by atoms with E-state index in [2.05, 4.69) is 10.3 Å². The largest absolute Gasteiger partial charge is 0.457 e. The van der Waals surface area contributed by atoms with E-state index in [0.29, 0.717) is 43.7 Å². The number of nitrogens with one attached hydrogen (secondary N) is 1. The zero-order chi connectivity index (χ0) is 23.4. The highest BCUT2D eigenvalue weighted by Crippen LogP contribution is 2.32. The molecule has 5 nitrogen and oxygen atoms in total. The van der Waals surface area contributed by atoms with Crippen LogP contribution in [0, 0.1) is 11.3 Å². The van der Waals surface area contributed by atoms with E-state index >= 15 is 0 Å². The summed E-state index contributed by atoms with van der Waals surface area (Å²) in [6.45, 7) is 0. The third kappa shape index (κ3) is 5.84. The molecule has 2 aromatic heterocycles. The summed E-state index contributed by atoms with van der Waals surface area (Å²) in [5.74, 6) is 0.220. The van der Waals surface area contributed by atoms with Crippen molar-refractivity contribution in [3.8, 4) is 17.4 Å². The number of rotatable bonds is 6. The molecule has 9 heteroatoms. The first-order chi connectivity index (χ1) is 15.9. The first-order valence-corrected chi connectivity index (χ1v) is 11.5. The molecular weight excluding hydrogens is 501 g/mol. The van der Waals surface area contributed by atoms with E-state index < -0.39 is 5.91 Å². The number of benzene rings is 2. The van der Waals surface area contributed by atoms with E-state index in [0.717, 1.165) is 10.4 Å². The second kappa shape index (κ2) is 10.2. The van der Waals surface area contributed by atoms with Crippen molar-refractivity contribution in [3.05, 3.63) is 97.6 Å². The standard InChI is InChI=1S/C24H14Cl3N3O2S/c25-16-3-1-14(2-4-16)9-19-13-29-24(33-19)30-23(31)15(12-28)10-18-6-8-22(32-18)20-11-17(26)5-7-21(20)27/h1-8,10-11,13H,9H2,(H,29,30,31)/b15-10+. The Balaban J connectivity index is 1.46. The van der Waals surface area contributed by atoms with Gasteiger partial charge in [-0.3, -0.25) is 10.1 Å². The van der Waals surface area contributed by atoms with Crippen molar-refractivity contribution in [1.29, 1.82) is 5.26 Å². The number of thiazole rings is 1. The Morgan fingerprint density at radius 1 is 1.09 bits per heavy atom. The number of anilines is 1. The summed E-state index contributed by atoms with van der Waals surface area (Å²) in [6, 6.07) is 17.8. The van der Waals surface area contributed by atoms with E-state index in [1.165, 1.54) is 17.4 Å². The third-order valence-corrected chi connectivity index (χ3v) is 6.27. The quantitative estimate of drug-likeness (QED) is 0.213. The Labute approximate surface area is 208 Å². The van der Waals surface area contributed by atoms with Gasteiger partial charge in [0.05, 0.1) is 5.02 Å². The minimum absolute atomic E-state index is 0.123. The molecule has 1 N–H and O–H groups in total. The molecule has 0 saturated heterocycles. The Morgan fingerprint density at radius 2 is 1.85 bits per heavy atom. The van der Waals surface area contributed by atoms with Gasteiger partial charge in [0.1, 0.15) is 23.2 Å². The van der Waals surface area contributed by atoms with Crippen LogP contribution in [0.25, 0.3) is 17.4 Å². The fourth-order valence-corrected chi connectivity index (χ4v) is 4.32. The maximum atomic E-state index is 12.6. The maximum Gasteiger partial charge on any atom is 0.268 e. The number of hydrogen-bond donors (Lipinski definition) is 1. The lowest BCUT2D eigenvalue weighted by Gasteiger charge is -2.01. The zero-order valence-electron chi connectivity index (χ0n) is 16.8. The lowest BCUT2D eigenvalue weighted by Crippen LogP contribution is -2.13. The van der Waals surface area contributed by atoms with Crippen molar-refractivity contribution in [2.45, 2.75) is 6.42 Å². The first kappa shape index (κ1) is 23.1. The molecule has 0 aliphatic heterocycles. The maximum absolute atomic E-state index is 12.6. The van der Waals surface area contributed by atoms with Gasteiger partial charge in [-0.05, 0) is 48.0 Å². The molecule has 0 saturated carbocycles. The number of aromatic nitrogens is 1. The number of amides is 1. The van der Waals surface area contributed by atoms with Crippen molar-refractivity contribution in [2.24, 2.45) is 0 Å². The monoisotopic (exact) mass is 513 g/mol. The van der Waals surface area contributed by atoms with Crippen LogP contribution in [-0.4, -0.2) is 10.9 Å². The number of carbonyl (C=O) groups is 1. The van der Waals surface area contributed by atoms with E-state index in [9.17, 15) is 10.1 Å². The number of halogens is 3. The van der Waals surface area contributed by atoms with E-state index in [-0.39, 0.29) is 5.57 Å². The first-order valence-electron chi connectivity index (χ1n) is 9.59. The van der Waals surface area contributed by atoms with Gasteiger partial charge in [-0.15, -0.1) is 11.3 Å². The molecule has 4 rings (SSSR count). The van der Waals surface area contributed by atoms with Crippen LogP contribution in [0.3, 0.4) is 0 Å². The van der Waals surface area contributed by atoms with Gasteiger partial charge in [-0.25, -0.2) is 4.98 Å². The molecule has 2 aromatic carbocycles. The summed E-state index contributed by atoms with van der Waals surface area (Å²) < 4.78 is 5.74. The van der Waals surface area contributed by atoms with Gasteiger partial charge >= 0.3 is 0 Å². The average Bonchev–Trinajstić information content (AvgIpc) is 3.44. The van der Waals surface area contributed by atoms with Crippen molar-refractivity contribution < 1.29 is 9.21 Å². The van der Waals surface area contributed by atoms with Crippen LogP contribution in [0.2, 0.25) is 15.1 Å². The summed E-state index contributed by atoms with van der Waals surface area (Å²) in [4.78, 5) is 17.8. The molecule has 2 heterocycles. The summed E-state index contributed by atoms with van der Waals surface area (Å²) in [6.07, 6.45) is 3.71. The molecule has 0 spiro atoms. The van der Waals surface area contributed by atoms with Crippen LogP contribution in [0.1, 0.15) is 16.2 Å². The predicted molar refractivity (Wildman–Crippen MR) is 133 cm³/mol. The molecule has 0 bridgehead atoms. The Kier molecular flexibility index (Phi) is 7.17. The minimum atomic E-state index is -0.580. The van der Waals surface area contributed by atoms with Gasteiger partial charge in [0, 0.05) is 39.2 Å². The molecule has 164 valence electrons. The van der Waals surface area contributed by atoms with Crippen LogP contribution >= 0.6 is 46.1 Å². The van der Waals surface area contributed by atoms with E-state index in [1.807, 2.05) is 30.3 Å². The van der Waals surface area contributed by atoms with Crippen molar-refractivity contribution in [2.75, 3.05) is 5.32 Å². The van der Waals surface area contributed by atoms with Gasteiger partial charge in [0.25, 0.3) is 5.91 Å². The lowest BCUT2D eigenvalue weighted by atomic mass is 10.1. The fourth-order valence-electron chi connectivity index (χ4n) is 2.97. The molecule has 4 aromatic rings. The van der Waals surface area contributed by atoms with Crippen molar-refractivity contribution >= 4 is 63.3 Å². The molecule has 33 heavy (non-hydrogen) atoms. The molecule has 0 radical (unpaired) electrons. The highest BCUT2D eigenvalue weighted by Gasteiger charge is 2.14. The summed E-state index contributed by atoms with van der Waals surface area (Å²) in [5.41, 5.74) is 1.57. The third-order valence-electron chi connectivity index (χ3n) is 4.54. The smallest absolute Gasteiger partial charge is 0.268 e. The molecule has 0 fully saturated rings. The Morgan fingerprint density at radius 3 is 2.61 bits per heavy atom.